The molecule has 0 radical (unpaired) electrons. The zero-order chi connectivity index (χ0) is 21.5. The van der Waals surface area contributed by atoms with Gasteiger partial charge in [0.25, 0.3) is 0 Å². The lowest BCUT2D eigenvalue weighted by Gasteiger charge is -2.17. The number of ether oxygens (including phenoxy) is 2. The van der Waals surface area contributed by atoms with Crippen LogP contribution in [0.1, 0.15) is 24.0 Å². The van der Waals surface area contributed by atoms with Crippen LogP contribution >= 0.6 is 0 Å². The second kappa shape index (κ2) is 10.3. The second-order valence-electron chi connectivity index (χ2n) is 7.91. The maximum absolute atomic E-state index is 13.2. The van der Waals surface area contributed by atoms with Gasteiger partial charge in [-0.05, 0) is 91.9 Å². The number of benzene rings is 3. The first-order valence-electron chi connectivity index (χ1n) is 10.9. The minimum absolute atomic E-state index is 0.203. The van der Waals surface area contributed by atoms with Crippen molar-refractivity contribution in [2.24, 2.45) is 0 Å². The smallest absolute Gasteiger partial charge is 0.150 e. The molecule has 1 fully saturated rings. The zero-order valence-electron chi connectivity index (χ0n) is 17.9. The van der Waals surface area contributed by atoms with E-state index in [9.17, 15) is 4.39 Å². The third kappa shape index (κ3) is 5.98. The van der Waals surface area contributed by atoms with E-state index in [1.807, 2.05) is 36.4 Å². The predicted molar refractivity (Wildman–Crippen MR) is 123 cm³/mol. The van der Waals surface area contributed by atoms with Gasteiger partial charge in [0.2, 0.25) is 0 Å². The molecule has 0 bridgehead atoms. The molecule has 162 valence electrons. The van der Waals surface area contributed by atoms with Gasteiger partial charge in [-0.2, -0.15) is 0 Å². The SMILES string of the molecule is COc1ccc(Oc2cc(CCc3ccc(F)cc3)ccc2NC[C@@H]2CCCN2)cc1. The number of methoxy groups -OCH3 is 1. The van der Waals surface area contributed by atoms with E-state index in [2.05, 4.69) is 28.8 Å². The normalized spacial score (nSPS) is 15.6. The summed E-state index contributed by atoms with van der Waals surface area (Å²) in [6.45, 7) is 1.96. The molecule has 0 saturated carbocycles. The molecule has 0 aliphatic carbocycles. The van der Waals surface area contributed by atoms with Crippen molar-refractivity contribution in [2.75, 3.05) is 25.5 Å². The molecule has 1 aliphatic rings. The van der Waals surface area contributed by atoms with Gasteiger partial charge in [0, 0.05) is 12.6 Å². The van der Waals surface area contributed by atoms with Crippen LogP contribution in [0.3, 0.4) is 0 Å². The number of hydrogen-bond donors (Lipinski definition) is 2. The van der Waals surface area contributed by atoms with Crippen molar-refractivity contribution >= 4 is 5.69 Å². The van der Waals surface area contributed by atoms with Crippen molar-refractivity contribution in [2.45, 2.75) is 31.7 Å². The van der Waals surface area contributed by atoms with Gasteiger partial charge in [-0.25, -0.2) is 4.39 Å². The Hall–Kier alpha value is -3.05. The van der Waals surface area contributed by atoms with Gasteiger partial charge in [0.05, 0.1) is 12.8 Å². The number of rotatable bonds is 9. The quantitative estimate of drug-likeness (QED) is 0.475. The lowest BCUT2D eigenvalue weighted by Crippen LogP contribution is -2.29. The van der Waals surface area contributed by atoms with E-state index in [0.29, 0.717) is 6.04 Å². The monoisotopic (exact) mass is 420 g/mol. The summed E-state index contributed by atoms with van der Waals surface area (Å²) in [4.78, 5) is 0. The minimum atomic E-state index is -0.203. The minimum Gasteiger partial charge on any atom is -0.497 e. The Morgan fingerprint density at radius 3 is 2.35 bits per heavy atom. The Morgan fingerprint density at radius 1 is 0.935 bits per heavy atom. The molecule has 3 aromatic carbocycles. The molecule has 0 unspecified atom stereocenters. The number of hydrogen-bond acceptors (Lipinski definition) is 4. The third-order valence-electron chi connectivity index (χ3n) is 5.65. The summed E-state index contributed by atoms with van der Waals surface area (Å²) >= 11 is 0. The topological polar surface area (TPSA) is 42.5 Å². The first kappa shape index (κ1) is 21.2. The van der Waals surface area contributed by atoms with Crippen molar-refractivity contribution in [3.8, 4) is 17.2 Å². The van der Waals surface area contributed by atoms with Crippen LogP contribution in [0.25, 0.3) is 0 Å². The number of halogens is 1. The number of nitrogens with one attached hydrogen (secondary N) is 2. The van der Waals surface area contributed by atoms with Gasteiger partial charge in [-0.1, -0.05) is 18.2 Å². The van der Waals surface area contributed by atoms with E-state index in [-0.39, 0.29) is 5.82 Å². The molecular weight excluding hydrogens is 391 g/mol. The predicted octanol–water partition coefficient (Wildman–Crippen LogP) is 5.58. The molecule has 3 aromatic rings. The van der Waals surface area contributed by atoms with Gasteiger partial charge in [0.15, 0.2) is 5.75 Å². The molecule has 2 N–H and O–H groups in total. The average molecular weight is 421 g/mol. The Kier molecular flexibility index (Phi) is 7.05. The van der Waals surface area contributed by atoms with Crippen LogP contribution in [0.4, 0.5) is 10.1 Å². The number of aryl methyl sites for hydroxylation is 2. The maximum atomic E-state index is 13.2. The molecule has 0 spiro atoms. The molecule has 4 nitrogen and oxygen atoms in total. The lowest BCUT2D eigenvalue weighted by molar-refractivity contribution is 0.413. The largest absolute Gasteiger partial charge is 0.497 e. The molecule has 1 saturated heterocycles. The Bertz CT molecular complexity index is 968. The van der Waals surface area contributed by atoms with Crippen molar-refractivity contribution in [3.05, 3.63) is 83.7 Å². The highest BCUT2D eigenvalue weighted by molar-refractivity contribution is 5.59. The van der Waals surface area contributed by atoms with E-state index >= 15 is 0 Å². The molecule has 0 aromatic heterocycles. The van der Waals surface area contributed by atoms with E-state index < -0.39 is 0 Å². The van der Waals surface area contributed by atoms with Gasteiger partial charge in [0.1, 0.15) is 17.3 Å². The molecule has 5 heteroatoms. The van der Waals surface area contributed by atoms with Crippen molar-refractivity contribution in [3.63, 3.8) is 0 Å². The summed E-state index contributed by atoms with van der Waals surface area (Å²) in [5.74, 6) is 2.16. The van der Waals surface area contributed by atoms with Crippen LogP contribution in [-0.2, 0) is 12.8 Å². The summed E-state index contributed by atoms with van der Waals surface area (Å²) in [5.41, 5.74) is 3.28. The van der Waals surface area contributed by atoms with Gasteiger partial charge in [-0.3, -0.25) is 0 Å². The highest BCUT2D eigenvalue weighted by Gasteiger charge is 2.15. The van der Waals surface area contributed by atoms with Crippen LogP contribution in [0.2, 0.25) is 0 Å². The van der Waals surface area contributed by atoms with Crippen LogP contribution in [0, 0.1) is 5.82 Å². The van der Waals surface area contributed by atoms with Crippen molar-refractivity contribution in [1.82, 2.24) is 5.32 Å². The molecule has 4 rings (SSSR count). The first-order valence-corrected chi connectivity index (χ1v) is 10.9. The van der Waals surface area contributed by atoms with Crippen molar-refractivity contribution in [1.29, 1.82) is 0 Å². The fourth-order valence-corrected chi connectivity index (χ4v) is 3.83. The second-order valence-corrected chi connectivity index (χ2v) is 7.91. The molecule has 1 aliphatic heterocycles. The van der Waals surface area contributed by atoms with Gasteiger partial charge < -0.3 is 20.1 Å². The van der Waals surface area contributed by atoms with E-state index in [4.69, 9.17) is 9.47 Å². The summed E-state index contributed by atoms with van der Waals surface area (Å²) in [5, 5.41) is 7.07. The van der Waals surface area contributed by atoms with Crippen LogP contribution in [0.15, 0.2) is 66.7 Å². The van der Waals surface area contributed by atoms with E-state index in [0.717, 1.165) is 54.4 Å². The molecule has 1 heterocycles. The molecule has 0 amide bonds. The van der Waals surface area contributed by atoms with Crippen molar-refractivity contribution < 1.29 is 13.9 Å². The van der Waals surface area contributed by atoms with Gasteiger partial charge in [-0.15, -0.1) is 0 Å². The zero-order valence-corrected chi connectivity index (χ0v) is 17.9. The molecular formula is C26H29FN2O2. The van der Waals surface area contributed by atoms with Crippen LogP contribution in [0.5, 0.6) is 17.2 Å². The third-order valence-corrected chi connectivity index (χ3v) is 5.65. The highest BCUT2D eigenvalue weighted by atomic mass is 19.1. The molecule has 31 heavy (non-hydrogen) atoms. The first-order chi connectivity index (χ1) is 15.2. The standard InChI is InChI=1S/C26H29FN2O2/c1-30-23-11-13-24(14-12-23)31-26-17-20(5-4-19-6-9-21(27)10-7-19)8-15-25(26)29-18-22-3-2-16-28-22/h6-15,17,22,28-29H,2-5,16,18H2,1H3/t22-/m0/s1. The fourth-order valence-electron chi connectivity index (χ4n) is 3.83. The highest BCUT2D eigenvalue weighted by Crippen LogP contribution is 2.32. The fraction of sp³-hybridized carbons (Fsp3) is 0.308. The Labute approximate surface area is 183 Å². The van der Waals surface area contributed by atoms with E-state index in [1.54, 1.807) is 7.11 Å². The Morgan fingerprint density at radius 2 is 1.65 bits per heavy atom. The summed E-state index contributed by atoms with van der Waals surface area (Å²) in [6.07, 6.45) is 4.12. The summed E-state index contributed by atoms with van der Waals surface area (Å²) < 4.78 is 24.6. The van der Waals surface area contributed by atoms with Crippen LogP contribution in [-0.4, -0.2) is 26.2 Å². The average Bonchev–Trinajstić information content (AvgIpc) is 3.32. The van der Waals surface area contributed by atoms with Crippen LogP contribution < -0.4 is 20.1 Å². The summed E-state index contributed by atoms with van der Waals surface area (Å²) in [6, 6.07) is 21.1. The maximum Gasteiger partial charge on any atom is 0.150 e. The van der Waals surface area contributed by atoms with Gasteiger partial charge >= 0.3 is 0 Å². The molecule has 1 atom stereocenters. The number of anilines is 1. The summed E-state index contributed by atoms with van der Waals surface area (Å²) in [7, 11) is 1.65. The van der Waals surface area contributed by atoms with E-state index in [1.165, 1.54) is 30.5 Å². The lowest BCUT2D eigenvalue weighted by atomic mass is 10.0. The Balaban J connectivity index is 1.49.